The highest BCUT2D eigenvalue weighted by Crippen LogP contribution is 2.21. The van der Waals surface area contributed by atoms with Crippen molar-refractivity contribution in [1.82, 2.24) is 4.90 Å². The molecule has 0 atom stereocenters. The van der Waals surface area contributed by atoms with Gasteiger partial charge < -0.3 is 14.7 Å². The zero-order valence-corrected chi connectivity index (χ0v) is 11.1. The second-order valence-corrected chi connectivity index (χ2v) is 3.97. The lowest BCUT2D eigenvalue weighted by Crippen LogP contribution is -2.10. The van der Waals surface area contributed by atoms with Crippen molar-refractivity contribution < 1.29 is 19.4 Å². The number of hydrogen-bond acceptors (Lipinski definition) is 3. The average Bonchev–Trinajstić information content (AvgIpc) is 2.28. The van der Waals surface area contributed by atoms with Crippen LogP contribution in [0.25, 0.3) is 0 Å². The molecule has 0 aliphatic rings. The third kappa shape index (κ3) is 6.52. The van der Waals surface area contributed by atoms with E-state index >= 15 is 0 Å². The molecule has 1 N–H and O–H groups in total. The van der Waals surface area contributed by atoms with Crippen LogP contribution in [0, 0.1) is 13.8 Å². The Morgan fingerprint density at radius 1 is 1.33 bits per heavy atom. The van der Waals surface area contributed by atoms with Crippen LogP contribution >= 0.6 is 0 Å². The maximum atomic E-state index is 10.3. The van der Waals surface area contributed by atoms with Crippen molar-refractivity contribution in [2.45, 2.75) is 13.8 Å². The highest BCUT2D eigenvalue weighted by Gasteiger charge is 2.04. The van der Waals surface area contributed by atoms with Crippen molar-refractivity contribution in [2.75, 3.05) is 20.7 Å². The smallest absolute Gasteiger partial charge is 0.341 e. The van der Waals surface area contributed by atoms with E-state index in [-0.39, 0.29) is 6.61 Å². The largest absolute Gasteiger partial charge is 0.481 e. The summed E-state index contributed by atoms with van der Waals surface area (Å²) in [6.07, 6.45) is 0.750. The van der Waals surface area contributed by atoms with E-state index in [9.17, 15) is 9.59 Å². The lowest BCUT2D eigenvalue weighted by atomic mass is 10.1. The first-order valence-corrected chi connectivity index (χ1v) is 5.41. The van der Waals surface area contributed by atoms with Crippen LogP contribution in [0.3, 0.4) is 0 Å². The van der Waals surface area contributed by atoms with E-state index in [1.807, 2.05) is 32.0 Å². The van der Waals surface area contributed by atoms with Crippen LogP contribution in [0.2, 0.25) is 0 Å². The summed E-state index contributed by atoms with van der Waals surface area (Å²) in [4.78, 5) is 21.1. The summed E-state index contributed by atoms with van der Waals surface area (Å²) in [5, 5.41) is 8.43. The first-order valence-electron chi connectivity index (χ1n) is 5.41. The van der Waals surface area contributed by atoms with Crippen molar-refractivity contribution in [2.24, 2.45) is 0 Å². The number of nitrogens with zero attached hydrogens (tertiary/aromatic N) is 1. The summed E-state index contributed by atoms with van der Waals surface area (Å²) in [7, 11) is 3.38. The fourth-order valence-corrected chi connectivity index (χ4v) is 1.16. The number of aliphatic carboxylic acids is 1. The molecule has 0 aliphatic heterocycles. The zero-order valence-electron chi connectivity index (χ0n) is 11.1. The van der Waals surface area contributed by atoms with Crippen LogP contribution in [0.5, 0.6) is 5.75 Å². The van der Waals surface area contributed by atoms with Gasteiger partial charge in [0.25, 0.3) is 0 Å². The normalized spacial score (nSPS) is 8.89. The zero-order chi connectivity index (χ0) is 14.1. The second-order valence-electron chi connectivity index (χ2n) is 3.97. The lowest BCUT2D eigenvalue weighted by molar-refractivity contribution is -0.139. The van der Waals surface area contributed by atoms with Crippen molar-refractivity contribution in [3.05, 3.63) is 29.3 Å². The third-order valence-corrected chi connectivity index (χ3v) is 1.96. The minimum Gasteiger partial charge on any atom is -0.481 e. The summed E-state index contributed by atoms with van der Waals surface area (Å²) in [5.74, 6) is -0.285. The predicted molar refractivity (Wildman–Crippen MR) is 68.8 cm³/mol. The van der Waals surface area contributed by atoms with Crippen molar-refractivity contribution in [3.8, 4) is 5.75 Å². The van der Waals surface area contributed by atoms with Crippen LogP contribution in [0.15, 0.2) is 18.2 Å². The number of para-hydroxylation sites is 1. The molecule has 0 radical (unpaired) electrons. The first-order chi connectivity index (χ1) is 8.38. The average molecular weight is 253 g/mol. The van der Waals surface area contributed by atoms with Crippen LogP contribution < -0.4 is 4.74 Å². The van der Waals surface area contributed by atoms with Gasteiger partial charge in [-0.3, -0.25) is 4.79 Å². The van der Waals surface area contributed by atoms with Crippen molar-refractivity contribution in [1.29, 1.82) is 0 Å². The number of rotatable bonds is 4. The lowest BCUT2D eigenvalue weighted by Gasteiger charge is -2.09. The highest BCUT2D eigenvalue weighted by molar-refractivity contribution is 5.68. The summed E-state index contributed by atoms with van der Waals surface area (Å²) in [6.45, 7) is 3.50. The molecule has 5 nitrogen and oxygen atoms in total. The molecule has 1 rings (SSSR count). The molecular formula is C13H19NO4. The van der Waals surface area contributed by atoms with Gasteiger partial charge in [-0.25, -0.2) is 4.79 Å². The van der Waals surface area contributed by atoms with E-state index in [0.717, 1.165) is 17.5 Å². The van der Waals surface area contributed by atoms with Gasteiger partial charge in [-0.1, -0.05) is 18.2 Å². The molecule has 0 saturated heterocycles. The fourth-order valence-electron chi connectivity index (χ4n) is 1.16. The second kappa shape index (κ2) is 8.11. The number of carbonyl (C=O) groups is 2. The van der Waals surface area contributed by atoms with Gasteiger partial charge in [-0.2, -0.15) is 0 Å². The molecule has 0 bridgehead atoms. The Morgan fingerprint density at radius 3 is 2.11 bits per heavy atom. The van der Waals surface area contributed by atoms with E-state index in [0.29, 0.717) is 5.75 Å². The van der Waals surface area contributed by atoms with Crippen LogP contribution in [0.1, 0.15) is 11.1 Å². The first kappa shape index (κ1) is 16.0. The molecule has 18 heavy (non-hydrogen) atoms. The van der Waals surface area contributed by atoms with Gasteiger partial charge in [0.1, 0.15) is 5.75 Å². The molecule has 0 fully saturated rings. The van der Waals surface area contributed by atoms with Crippen LogP contribution in [-0.2, 0) is 9.59 Å². The van der Waals surface area contributed by atoms with E-state index in [1.54, 1.807) is 14.1 Å². The molecule has 0 unspecified atom stereocenters. The van der Waals surface area contributed by atoms with Crippen LogP contribution in [-0.4, -0.2) is 43.1 Å². The molecule has 0 aromatic heterocycles. The molecule has 0 heterocycles. The summed E-state index contributed by atoms with van der Waals surface area (Å²) in [5.41, 5.74) is 1.92. The number of carboxylic acids is 1. The molecule has 1 aromatic carbocycles. The third-order valence-electron chi connectivity index (χ3n) is 1.96. The maximum absolute atomic E-state index is 10.3. The molecule has 0 saturated carbocycles. The number of amides is 1. The Bertz CT molecular complexity index is 382. The summed E-state index contributed by atoms with van der Waals surface area (Å²) >= 11 is 0. The highest BCUT2D eigenvalue weighted by atomic mass is 16.5. The molecule has 0 aliphatic carbocycles. The number of aryl methyl sites for hydroxylation is 2. The molecule has 0 spiro atoms. The van der Waals surface area contributed by atoms with Gasteiger partial charge in [0.2, 0.25) is 6.41 Å². The number of carboxylic acid groups (broad SMARTS) is 1. The Balaban J connectivity index is 0.000000494. The Labute approximate surface area is 107 Å². The van der Waals surface area contributed by atoms with Crippen LogP contribution in [0.4, 0.5) is 0 Å². The number of ether oxygens (including phenoxy) is 1. The summed E-state index contributed by atoms with van der Waals surface area (Å²) < 4.78 is 5.13. The SMILES string of the molecule is CN(C)C=O.Cc1cccc(C)c1OCC(=O)O. The van der Waals surface area contributed by atoms with E-state index in [4.69, 9.17) is 9.84 Å². The number of carbonyl (C=O) groups excluding carboxylic acids is 1. The fraction of sp³-hybridized carbons (Fsp3) is 0.385. The number of benzene rings is 1. The minimum atomic E-state index is -0.956. The monoisotopic (exact) mass is 253 g/mol. The standard InChI is InChI=1S/C10H12O3.C3H7NO/c1-7-4-3-5-8(2)10(7)13-6-9(11)12;1-4(2)3-5/h3-5H,6H2,1-2H3,(H,11,12);3H,1-2H3. The molecule has 5 heteroatoms. The van der Waals surface area contributed by atoms with Gasteiger partial charge in [0.15, 0.2) is 6.61 Å². The molecule has 1 aromatic rings. The molecular weight excluding hydrogens is 234 g/mol. The van der Waals surface area contributed by atoms with E-state index < -0.39 is 5.97 Å². The molecule has 100 valence electrons. The Morgan fingerprint density at radius 2 is 1.78 bits per heavy atom. The quantitative estimate of drug-likeness (QED) is 0.825. The van der Waals surface area contributed by atoms with Gasteiger partial charge in [-0.15, -0.1) is 0 Å². The number of hydrogen-bond donors (Lipinski definition) is 1. The minimum absolute atomic E-state index is 0.286. The van der Waals surface area contributed by atoms with Gasteiger partial charge in [0.05, 0.1) is 0 Å². The van der Waals surface area contributed by atoms with Crippen molar-refractivity contribution >= 4 is 12.4 Å². The predicted octanol–water partition coefficient (Wildman–Crippen LogP) is 1.47. The topological polar surface area (TPSA) is 66.8 Å². The summed E-state index contributed by atoms with van der Waals surface area (Å²) in [6, 6.07) is 5.70. The van der Waals surface area contributed by atoms with E-state index in [2.05, 4.69) is 0 Å². The van der Waals surface area contributed by atoms with Gasteiger partial charge >= 0.3 is 5.97 Å². The van der Waals surface area contributed by atoms with Gasteiger partial charge in [-0.05, 0) is 25.0 Å². The van der Waals surface area contributed by atoms with Gasteiger partial charge in [0, 0.05) is 14.1 Å². The molecule has 1 amide bonds. The Hall–Kier alpha value is -2.04. The van der Waals surface area contributed by atoms with E-state index in [1.165, 1.54) is 4.90 Å². The van der Waals surface area contributed by atoms with Crippen molar-refractivity contribution in [3.63, 3.8) is 0 Å². The Kier molecular flexibility index (Phi) is 7.19. The maximum Gasteiger partial charge on any atom is 0.341 e.